The lowest BCUT2D eigenvalue weighted by Crippen LogP contribution is -2.36. The maximum Gasteiger partial charge on any atom is 0.196 e. The topological polar surface area (TPSA) is 54.5 Å². The molecule has 1 aliphatic rings. The minimum atomic E-state index is -0.267. The molecular weight excluding hydrogens is 255 g/mol. The summed E-state index contributed by atoms with van der Waals surface area (Å²) in [7, 11) is 0. The summed E-state index contributed by atoms with van der Waals surface area (Å²) in [6.45, 7) is 2.52. The Bertz CT molecular complexity index is 634. The highest BCUT2D eigenvalue weighted by atomic mass is 19.1. The zero-order valence-corrected chi connectivity index (χ0v) is 11.1. The lowest BCUT2D eigenvalue weighted by molar-refractivity contribution is 0.627. The first-order valence-electron chi connectivity index (χ1n) is 6.42. The smallest absolute Gasteiger partial charge is 0.196 e. The number of aryl methyl sites for hydroxylation is 1. The average molecular weight is 270 g/mol. The van der Waals surface area contributed by atoms with Crippen LogP contribution in [0, 0.1) is 12.7 Å². The Morgan fingerprint density at radius 2 is 1.95 bits per heavy atom. The molecule has 2 aromatic rings. The number of hydrogen-bond acceptors (Lipinski definition) is 4. The van der Waals surface area contributed by atoms with Crippen LogP contribution in [-0.2, 0) is 0 Å². The van der Waals surface area contributed by atoms with Gasteiger partial charge in [0.2, 0.25) is 0 Å². The Hall–Kier alpha value is -2.43. The number of nitrogens with zero attached hydrogens (tertiary/aromatic N) is 3. The molecule has 20 heavy (non-hydrogen) atoms. The summed E-state index contributed by atoms with van der Waals surface area (Å²) in [5.74, 6) is 0.180. The number of aromatic nitrogens is 1. The second-order valence-corrected chi connectivity index (χ2v) is 4.79. The number of nitrogens with two attached hydrogens (primary N) is 1. The molecule has 0 saturated heterocycles. The zero-order valence-electron chi connectivity index (χ0n) is 11.1. The molecule has 2 heterocycles. The van der Waals surface area contributed by atoms with Crippen molar-refractivity contribution in [3.05, 3.63) is 59.7 Å². The van der Waals surface area contributed by atoms with Gasteiger partial charge in [-0.2, -0.15) is 0 Å². The van der Waals surface area contributed by atoms with E-state index in [2.05, 4.69) is 9.98 Å². The number of hydrogen-bond donors (Lipinski definition) is 1. The molecule has 0 saturated carbocycles. The molecule has 0 aliphatic carbocycles. The molecule has 1 aromatic heterocycles. The Balaban J connectivity index is 1.96. The van der Waals surface area contributed by atoms with E-state index in [4.69, 9.17) is 5.73 Å². The van der Waals surface area contributed by atoms with Gasteiger partial charge in [0.1, 0.15) is 5.82 Å². The SMILES string of the molecule is Cc1ccc(C2CN=C(N)N2c2ccc(F)cc2)cn1. The fourth-order valence-corrected chi connectivity index (χ4v) is 2.34. The van der Waals surface area contributed by atoms with Crippen molar-refractivity contribution >= 4 is 11.6 Å². The van der Waals surface area contributed by atoms with Crippen LogP contribution in [0.4, 0.5) is 10.1 Å². The van der Waals surface area contributed by atoms with Gasteiger partial charge >= 0.3 is 0 Å². The van der Waals surface area contributed by atoms with E-state index >= 15 is 0 Å². The van der Waals surface area contributed by atoms with Crippen LogP contribution in [0.25, 0.3) is 0 Å². The van der Waals surface area contributed by atoms with E-state index in [-0.39, 0.29) is 11.9 Å². The maximum absolute atomic E-state index is 13.0. The highest BCUT2D eigenvalue weighted by Crippen LogP contribution is 2.30. The van der Waals surface area contributed by atoms with Crippen molar-refractivity contribution in [1.82, 2.24) is 4.98 Å². The summed E-state index contributed by atoms with van der Waals surface area (Å²) >= 11 is 0. The molecule has 3 rings (SSSR count). The van der Waals surface area contributed by atoms with Gasteiger partial charge in [-0.05, 0) is 42.8 Å². The van der Waals surface area contributed by atoms with E-state index in [1.54, 1.807) is 12.1 Å². The van der Waals surface area contributed by atoms with Gasteiger partial charge in [0.05, 0.1) is 12.6 Å². The molecule has 0 fully saturated rings. The van der Waals surface area contributed by atoms with Crippen molar-refractivity contribution in [3.8, 4) is 0 Å². The van der Waals surface area contributed by atoms with Crippen LogP contribution in [0.15, 0.2) is 47.6 Å². The van der Waals surface area contributed by atoms with Crippen LogP contribution in [0.3, 0.4) is 0 Å². The predicted molar refractivity (Wildman–Crippen MR) is 77.1 cm³/mol. The number of halogens is 1. The molecule has 1 atom stereocenters. The number of rotatable bonds is 2. The Labute approximate surface area is 116 Å². The zero-order chi connectivity index (χ0) is 14.1. The largest absolute Gasteiger partial charge is 0.369 e. The molecule has 5 heteroatoms. The van der Waals surface area contributed by atoms with Crippen LogP contribution in [-0.4, -0.2) is 17.5 Å². The van der Waals surface area contributed by atoms with Crippen LogP contribution in [0.2, 0.25) is 0 Å². The molecule has 1 aromatic carbocycles. The normalized spacial score (nSPS) is 18.2. The van der Waals surface area contributed by atoms with Crippen LogP contribution in [0.5, 0.6) is 0 Å². The third-order valence-corrected chi connectivity index (χ3v) is 3.41. The van der Waals surface area contributed by atoms with Crippen molar-refractivity contribution in [2.24, 2.45) is 10.7 Å². The molecule has 102 valence electrons. The fraction of sp³-hybridized carbons (Fsp3) is 0.200. The summed E-state index contributed by atoms with van der Waals surface area (Å²) in [5, 5.41) is 0. The van der Waals surface area contributed by atoms with Crippen LogP contribution < -0.4 is 10.6 Å². The summed E-state index contributed by atoms with van der Waals surface area (Å²) in [4.78, 5) is 10.5. The first-order chi connectivity index (χ1) is 9.65. The molecule has 0 radical (unpaired) electrons. The van der Waals surface area contributed by atoms with Gasteiger partial charge in [0.15, 0.2) is 5.96 Å². The fourth-order valence-electron chi connectivity index (χ4n) is 2.34. The van der Waals surface area contributed by atoms with Crippen LogP contribution >= 0.6 is 0 Å². The minimum Gasteiger partial charge on any atom is -0.369 e. The second kappa shape index (κ2) is 4.92. The maximum atomic E-state index is 13.0. The van der Waals surface area contributed by atoms with E-state index in [0.717, 1.165) is 16.9 Å². The third kappa shape index (κ3) is 2.22. The highest BCUT2D eigenvalue weighted by Gasteiger charge is 2.28. The molecule has 0 spiro atoms. The van der Waals surface area contributed by atoms with Crippen molar-refractivity contribution in [2.75, 3.05) is 11.4 Å². The molecular formula is C15H15FN4. The molecule has 4 nitrogen and oxygen atoms in total. The van der Waals surface area contributed by atoms with Crippen molar-refractivity contribution in [2.45, 2.75) is 13.0 Å². The quantitative estimate of drug-likeness (QED) is 0.911. The third-order valence-electron chi connectivity index (χ3n) is 3.41. The van der Waals surface area contributed by atoms with Gasteiger partial charge < -0.3 is 10.6 Å². The summed E-state index contributed by atoms with van der Waals surface area (Å²) < 4.78 is 13.0. The van der Waals surface area contributed by atoms with E-state index in [1.165, 1.54) is 12.1 Å². The van der Waals surface area contributed by atoms with Gasteiger partial charge in [-0.15, -0.1) is 0 Å². The Morgan fingerprint density at radius 1 is 1.20 bits per heavy atom. The lowest BCUT2D eigenvalue weighted by atomic mass is 10.1. The number of anilines is 1. The lowest BCUT2D eigenvalue weighted by Gasteiger charge is -2.26. The summed E-state index contributed by atoms with van der Waals surface area (Å²) in [6, 6.07) is 10.3. The monoisotopic (exact) mass is 270 g/mol. The van der Waals surface area contributed by atoms with Gasteiger partial charge in [0.25, 0.3) is 0 Å². The van der Waals surface area contributed by atoms with E-state index < -0.39 is 0 Å². The molecule has 0 amide bonds. The summed E-state index contributed by atoms with van der Waals surface area (Å²) in [5.41, 5.74) is 8.81. The molecule has 0 bridgehead atoms. The Kier molecular flexibility index (Phi) is 3.10. The standard InChI is InChI=1S/C15H15FN4/c1-10-2-3-11(8-18-10)14-9-19-15(17)20(14)13-6-4-12(16)5-7-13/h2-8,14H,9H2,1H3,(H2,17,19). The number of benzene rings is 1. The molecule has 1 aliphatic heterocycles. The number of aliphatic imine (C=N–C) groups is 1. The van der Waals surface area contributed by atoms with Crippen molar-refractivity contribution in [3.63, 3.8) is 0 Å². The predicted octanol–water partition coefficient (Wildman–Crippen LogP) is 2.41. The van der Waals surface area contributed by atoms with Gasteiger partial charge in [0, 0.05) is 17.6 Å². The molecule has 2 N–H and O–H groups in total. The first kappa shape index (κ1) is 12.6. The van der Waals surface area contributed by atoms with E-state index in [1.807, 2.05) is 30.2 Å². The first-order valence-corrected chi connectivity index (χ1v) is 6.42. The Morgan fingerprint density at radius 3 is 2.60 bits per heavy atom. The number of pyridine rings is 1. The molecule has 1 unspecified atom stereocenters. The van der Waals surface area contributed by atoms with Gasteiger partial charge in [-0.1, -0.05) is 6.07 Å². The summed E-state index contributed by atoms with van der Waals surface area (Å²) in [6.07, 6.45) is 1.84. The van der Waals surface area contributed by atoms with E-state index in [0.29, 0.717) is 12.5 Å². The number of guanidine groups is 1. The van der Waals surface area contributed by atoms with Crippen LogP contribution in [0.1, 0.15) is 17.3 Å². The minimum absolute atomic E-state index is 0.00793. The van der Waals surface area contributed by atoms with E-state index in [9.17, 15) is 4.39 Å². The van der Waals surface area contributed by atoms with Gasteiger partial charge in [-0.3, -0.25) is 9.98 Å². The van der Waals surface area contributed by atoms with Crippen molar-refractivity contribution < 1.29 is 4.39 Å². The van der Waals surface area contributed by atoms with Gasteiger partial charge in [-0.25, -0.2) is 4.39 Å². The second-order valence-electron chi connectivity index (χ2n) is 4.79. The average Bonchev–Trinajstić information content (AvgIpc) is 2.83. The highest BCUT2D eigenvalue weighted by molar-refractivity contribution is 5.97. The van der Waals surface area contributed by atoms with Crippen molar-refractivity contribution in [1.29, 1.82) is 0 Å².